The molecule has 4 N–H and O–H groups in total. The minimum Gasteiger partial charge on any atom is -0.381 e. The van der Waals surface area contributed by atoms with Crippen molar-refractivity contribution in [2.24, 2.45) is 5.41 Å². The van der Waals surface area contributed by atoms with Crippen LogP contribution in [-0.4, -0.2) is 75.1 Å². The molecule has 1 atom stereocenters. The van der Waals surface area contributed by atoms with Crippen molar-refractivity contribution in [3.63, 3.8) is 0 Å². The number of aromatic nitrogens is 6. The Labute approximate surface area is 257 Å². The number of hydrogen-bond donors (Lipinski definition) is 4. The number of aromatic amines is 1. The molecule has 1 saturated heterocycles. The molecule has 0 spiro atoms. The van der Waals surface area contributed by atoms with E-state index in [0.717, 1.165) is 42.8 Å². The van der Waals surface area contributed by atoms with E-state index in [-0.39, 0.29) is 6.04 Å². The van der Waals surface area contributed by atoms with Gasteiger partial charge in [-0.05, 0) is 77.5 Å². The van der Waals surface area contributed by atoms with E-state index in [0.29, 0.717) is 68.0 Å². The molecule has 1 saturated carbocycles. The van der Waals surface area contributed by atoms with E-state index in [1.807, 2.05) is 38.1 Å². The van der Waals surface area contributed by atoms with Crippen LogP contribution in [0.3, 0.4) is 0 Å². The van der Waals surface area contributed by atoms with Crippen LogP contribution in [0.25, 0.3) is 11.3 Å². The normalized spacial score (nSPS) is 21.1. The van der Waals surface area contributed by atoms with Crippen LogP contribution in [0, 0.1) is 16.7 Å². The highest BCUT2D eigenvalue weighted by Gasteiger charge is 2.33. The molecule has 1 aliphatic heterocycles. The third-order valence-corrected chi connectivity index (χ3v) is 8.65. The van der Waals surface area contributed by atoms with E-state index in [2.05, 4.69) is 54.6 Å². The van der Waals surface area contributed by atoms with Gasteiger partial charge >= 0.3 is 0 Å². The van der Waals surface area contributed by atoms with Crippen molar-refractivity contribution in [1.82, 2.24) is 35.9 Å². The second-order valence-corrected chi connectivity index (χ2v) is 12.5. The highest BCUT2D eigenvalue weighted by molar-refractivity contribution is 6.33. The molecule has 1 aliphatic carbocycles. The van der Waals surface area contributed by atoms with Crippen molar-refractivity contribution >= 4 is 23.2 Å². The maximum Gasteiger partial charge on any atom is 0.205 e. The van der Waals surface area contributed by atoms with Crippen molar-refractivity contribution in [3.05, 3.63) is 41.3 Å². The lowest BCUT2D eigenvalue weighted by atomic mass is 9.82. The van der Waals surface area contributed by atoms with E-state index in [1.54, 1.807) is 6.20 Å². The van der Waals surface area contributed by atoms with Crippen LogP contribution in [0.4, 0.5) is 11.6 Å². The van der Waals surface area contributed by atoms with Gasteiger partial charge in [-0.3, -0.25) is 0 Å². The first-order valence-electron chi connectivity index (χ1n) is 15.0. The lowest BCUT2D eigenvalue weighted by molar-refractivity contribution is -0.0379. The van der Waals surface area contributed by atoms with Crippen LogP contribution in [0.2, 0.25) is 5.02 Å². The zero-order chi connectivity index (χ0) is 30.3. The molecule has 0 amide bonds. The first kappa shape index (κ1) is 31.1. The number of nitrogens with zero attached hydrogens (tertiary/aromatic N) is 6. The predicted molar refractivity (Wildman–Crippen MR) is 164 cm³/mol. The zero-order valence-electron chi connectivity index (χ0n) is 25.1. The largest absolute Gasteiger partial charge is 0.381 e. The van der Waals surface area contributed by atoms with Gasteiger partial charge in [-0.15, -0.1) is 10.2 Å². The Hall–Kier alpha value is -3.37. The van der Waals surface area contributed by atoms with Gasteiger partial charge in [-0.2, -0.15) is 10.5 Å². The van der Waals surface area contributed by atoms with Crippen molar-refractivity contribution in [2.45, 2.75) is 83.0 Å². The molecule has 5 rings (SSSR count). The van der Waals surface area contributed by atoms with Crippen molar-refractivity contribution in [3.8, 4) is 17.3 Å². The summed E-state index contributed by atoms with van der Waals surface area (Å²) in [7, 11) is 0. The number of H-pyrrole nitrogens is 1. The number of ether oxygens (including phenoxy) is 2. The quantitative estimate of drug-likeness (QED) is 0.226. The first-order chi connectivity index (χ1) is 20.7. The number of halogens is 1. The van der Waals surface area contributed by atoms with Crippen molar-refractivity contribution in [2.75, 3.05) is 37.0 Å². The Morgan fingerprint density at radius 2 is 1.95 bits per heavy atom. The number of tetrazole rings is 1. The van der Waals surface area contributed by atoms with Crippen LogP contribution in [0.5, 0.6) is 0 Å². The molecule has 3 aromatic heterocycles. The molecule has 2 aliphatic rings. The molecule has 0 aromatic carbocycles. The molecule has 0 radical (unpaired) electrons. The van der Waals surface area contributed by atoms with E-state index < -0.39 is 11.0 Å². The van der Waals surface area contributed by atoms with Gasteiger partial charge in [0.1, 0.15) is 17.2 Å². The lowest BCUT2D eigenvalue weighted by Crippen LogP contribution is -2.44. The van der Waals surface area contributed by atoms with Crippen LogP contribution >= 0.6 is 11.6 Å². The molecule has 0 bridgehead atoms. The van der Waals surface area contributed by atoms with Gasteiger partial charge in [0.05, 0.1) is 28.8 Å². The van der Waals surface area contributed by atoms with Gasteiger partial charge in [0.15, 0.2) is 0 Å². The topological polar surface area (TPSA) is 159 Å². The van der Waals surface area contributed by atoms with Crippen LogP contribution in [0.15, 0.2) is 30.5 Å². The van der Waals surface area contributed by atoms with Crippen LogP contribution in [0.1, 0.15) is 65.1 Å². The standard InChI is InChI=1S/C30H41ClN10O2/c1-20(17-43-29(2,3)28-38-40-41-39-28)35-21-7-9-22(10-8-21)36-27-15-23(24(31)16-33-27)25-5-4-6-26(37-25)34-19-30(18-32)11-13-42-14-12-30/h4-6,15-16,20-22,35H,7-14,17,19H2,1-3H3,(H,33,36)(H,34,37)(H,38,39,40,41)/t20-,21?,22?/m0/s1. The number of rotatable bonds is 12. The Morgan fingerprint density at radius 1 is 1.19 bits per heavy atom. The van der Waals surface area contributed by atoms with E-state index >= 15 is 0 Å². The van der Waals surface area contributed by atoms with E-state index in [4.69, 9.17) is 26.1 Å². The highest BCUT2D eigenvalue weighted by Crippen LogP contribution is 2.32. The minimum absolute atomic E-state index is 0.195. The zero-order valence-corrected chi connectivity index (χ0v) is 25.8. The molecule has 0 unspecified atom stereocenters. The average molecular weight is 609 g/mol. The van der Waals surface area contributed by atoms with Gasteiger partial charge in [0.2, 0.25) is 5.82 Å². The van der Waals surface area contributed by atoms with Crippen LogP contribution in [-0.2, 0) is 15.1 Å². The smallest absolute Gasteiger partial charge is 0.205 e. The van der Waals surface area contributed by atoms with E-state index in [9.17, 15) is 5.26 Å². The predicted octanol–water partition coefficient (Wildman–Crippen LogP) is 4.70. The molecule has 4 heterocycles. The van der Waals surface area contributed by atoms with E-state index in [1.165, 1.54) is 0 Å². The lowest BCUT2D eigenvalue weighted by Gasteiger charge is -2.32. The number of anilines is 2. The average Bonchev–Trinajstić information content (AvgIpc) is 3.58. The third-order valence-electron chi connectivity index (χ3n) is 8.35. The number of pyridine rings is 2. The molecular formula is C30H41ClN10O2. The van der Waals surface area contributed by atoms with Gasteiger partial charge in [0, 0.05) is 49.6 Å². The minimum atomic E-state index is -0.604. The fraction of sp³-hybridized carbons (Fsp3) is 0.600. The number of hydrogen-bond acceptors (Lipinski definition) is 11. The summed E-state index contributed by atoms with van der Waals surface area (Å²) in [5.41, 5.74) is 0.531. The summed E-state index contributed by atoms with van der Waals surface area (Å²) in [4.78, 5) is 9.35. The number of nitriles is 1. The summed E-state index contributed by atoms with van der Waals surface area (Å²) in [5, 5.41) is 35.2. The molecule has 13 heteroatoms. The summed E-state index contributed by atoms with van der Waals surface area (Å²) in [6, 6.07) is 11.2. The summed E-state index contributed by atoms with van der Waals surface area (Å²) in [6.45, 7) is 8.33. The van der Waals surface area contributed by atoms with Crippen molar-refractivity contribution < 1.29 is 9.47 Å². The summed E-state index contributed by atoms with van der Waals surface area (Å²) < 4.78 is 11.5. The second-order valence-electron chi connectivity index (χ2n) is 12.1. The van der Waals surface area contributed by atoms with Gasteiger partial charge in [-0.25, -0.2) is 9.97 Å². The molecular weight excluding hydrogens is 568 g/mol. The van der Waals surface area contributed by atoms with Gasteiger partial charge in [0.25, 0.3) is 0 Å². The molecule has 43 heavy (non-hydrogen) atoms. The Morgan fingerprint density at radius 3 is 2.67 bits per heavy atom. The fourth-order valence-corrected chi connectivity index (χ4v) is 5.83. The molecule has 2 fully saturated rings. The fourth-order valence-electron chi connectivity index (χ4n) is 5.63. The summed E-state index contributed by atoms with van der Waals surface area (Å²) >= 11 is 6.58. The first-order valence-corrected chi connectivity index (χ1v) is 15.4. The van der Waals surface area contributed by atoms with Gasteiger partial charge in [-0.1, -0.05) is 22.9 Å². The number of nitrogens with one attached hydrogen (secondary N) is 4. The highest BCUT2D eigenvalue weighted by atomic mass is 35.5. The Balaban J connectivity index is 1.12. The molecule has 3 aromatic rings. The summed E-state index contributed by atoms with van der Waals surface area (Å²) in [5.74, 6) is 2.04. The third kappa shape index (κ3) is 8.17. The van der Waals surface area contributed by atoms with Crippen LogP contribution < -0.4 is 16.0 Å². The monoisotopic (exact) mass is 608 g/mol. The maximum atomic E-state index is 9.77. The Bertz CT molecular complexity index is 1370. The molecule has 12 nitrogen and oxygen atoms in total. The molecule has 230 valence electrons. The Kier molecular flexibility index (Phi) is 10.1. The maximum absolute atomic E-state index is 9.77. The second kappa shape index (κ2) is 13.9. The summed E-state index contributed by atoms with van der Waals surface area (Å²) in [6.07, 6.45) is 7.29. The van der Waals surface area contributed by atoms with Gasteiger partial charge < -0.3 is 25.4 Å². The SMILES string of the molecule is C[C@@H](COC(C)(C)c1nn[nH]n1)NC1CCC(Nc2cc(-c3cccc(NCC4(C#N)CCOCC4)n3)c(Cl)cn2)CC1. The van der Waals surface area contributed by atoms with Crippen molar-refractivity contribution in [1.29, 1.82) is 5.26 Å².